The summed E-state index contributed by atoms with van der Waals surface area (Å²) >= 11 is 0. The van der Waals surface area contributed by atoms with Crippen molar-refractivity contribution in [1.29, 1.82) is 0 Å². The normalized spacial score (nSPS) is 17.5. The third kappa shape index (κ3) is 5.46. The minimum atomic E-state index is -0.167. The van der Waals surface area contributed by atoms with Gasteiger partial charge in [0, 0.05) is 36.9 Å². The fraction of sp³-hybridized carbons (Fsp3) is 0.579. The Morgan fingerprint density at radius 2 is 1.92 bits per heavy atom. The van der Waals surface area contributed by atoms with Crippen molar-refractivity contribution in [3.8, 4) is 0 Å². The van der Waals surface area contributed by atoms with Crippen LogP contribution < -0.4 is 15.5 Å². The molecule has 1 saturated heterocycles. The van der Waals surface area contributed by atoms with Crippen molar-refractivity contribution in [1.82, 2.24) is 10.2 Å². The van der Waals surface area contributed by atoms with Gasteiger partial charge in [0.1, 0.15) is 6.54 Å². The van der Waals surface area contributed by atoms with E-state index in [2.05, 4.69) is 36.3 Å². The maximum Gasteiger partial charge on any atom is 0.244 e. The highest BCUT2D eigenvalue weighted by molar-refractivity contribution is 5.94. The summed E-state index contributed by atoms with van der Waals surface area (Å²) in [5, 5.41) is 6.19. The van der Waals surface area contributed by atoms with Gasteiger partial charge in [0.05, 0.1) is 6.67 Å². The molecule has 1 aromatic rings. The van der Waals surface area contributed by atoms with E-state index in [0.717, 1.165) is 37.3 Å². The van der Waals surface area contributed by atoms with E-state index in [4.69, 9.17) is 0 Å². The van der Waals surface area contributed by atoms with Gasteiger partial charge in [0.2, 0.25) is 11.8 Å². The van der Waals surface area contributed by atoms with Gasteiger partial charge < -0.3 is 15.1 Å². The first-order valence-corrected chi connectivity index (χ1v) is 9.23. The first-order valence-electron chi connectivity index (χ1n) is 9.23. The number of anilines is 2. The summed E-state index contributed by atoms with van der Waals surface area (Å²) in [5.74, 6) is -0.121. The monoisotopic (exact) mass is 346 g/mol. The Kier molecular flexibility index (Phi) is 7.25. The van der Waals surface area contributed by atoms with Crippen molar-refractivity contribution in [2.45, 2.75) is 46.1 Å². The van der Waals surface area contributed by atoms with E-state index in [9.17, 15) is 9.59 Å². The van der Waals surface area contributed by atoms with Gasteiger partial charge in [-0.25, -0.2) is 0 Å². The predicted molar refractivity (Wildman–Crippen MR) is 102 cm³/mol. The summed E-state index contributed by atoms with van der Waals surface area (Å²) in [6, 6.07) is 8.06. The number of rotatable bonds is 8. The minimum absolute atomic E-state index is 0.0456. The number of amides is 2. The van der Waals surface area contributed by atoms with Gasteiger partial charge in [-0.3, -0.25) is 14.9 Å². The molecule has 1 unspecified atom stereocenters. The zero-order chi connectivity index (χ0) is 18.2. The van der Waals surface area contributed by atoms with Crippen LogP contribution in [0.5, 0.6) is 0 Å². The number of hydrogen-bond acceptors (Lipinski definition) is 4. The van der Waals surface area contributed by atoms with Gasteiger partial charge in [-0.1, -0.05) is 13.3 Å². The zero-order valence-corrected chi connectivity index (χ0v) is 15.5. The van der Waals surface area contributed by atoms with E-state index < -0.39 is 0 Å². The molecule has 6 heteroatoms. The summed E-state index contributed by atoms with van der Waals surface area (Å²) in [6.07, 6.45) is 2.51. The van der Waals surface area contributed by atoms with Crippen molar-refractivity contribution in [2.24, 2.45) is 0 Å². The molecule has 25 heavy (non-hydrogen) atoms. The lowest BCUT2D eigenvalue weighted by Gasteiger charge is -2.32. The maximum absolute atomic E-state index is 12.2. The maximum atomic E-state index is 12.2. The molecule has 0 radical (unpaired) electrons. The third-order valence-corrected chi connectivity index (χ3v) is 4.60. The molecule has 138 valence electrons. The molecular weight excluding hydrogens is 316 g/mol. The van der Waals surface area contributed by atoms with Crippen LogP contribution in [0.25, 0.3) is 0 Å². The average molecular weight is 346 g/mol. The van der Waals surface area contributed by atoms with Gasteiger partial charge in [-0.15, -0.1) is 0 Å². The minimum Gasteiger partial charge on any atom is -0.372 e. The Hall–Kier alpha value is -2.08. The molecule has 6 nitrogen and oxygen atoms in total. The van der Waals surface area contributed by atoms with Crippen molar-refractivity contribution >= 4 is 23.2 Å². The van der Waals surface area contributed by atoms with Crippen LogP contribution in [-0.4, -0.2) is 49.1 Å². The molecule has 0 saturated carbocycles. The van der Waals surface area contributed by atoms with Crippen molar-refractivity contribution in [3.63, 3.8) is 0 Å². The Morgan fingerprint density at radius 3 is 2.48 bits per heavy atom. The topological polar surface area (TPSA) is 64.7 Å². The fourth-order valence-corrected chi connectivity index (χ4v) is 3.15. The van der Waals surface area contributed by atoms with Gasteiger partial charge in [-0.05, 0) is 44.5 Å². The lowest BCUT2D eigenvalue weighted by Crippen LogP contribution is -2.52. The number of nitrogens with one attached hydrogen (secondary N) is 2. The van der Waals surface area contributed by atoms with E-state index in [1.54, 1.807) is 4.90 Å². The van der Waals surface area contributed by atoms with Crippen LogP contribution >= 0.6 is 0 Å². The zero-order valence-electron chi connectivity index (χ0n) is 15.5. The molecule has 1 aromatic carbocycles. The molecule has 1 aliphatic heterocycles. The summed E-state index contributed by atoms with van der Waals surface area (Å²) in [5.41, 5.74) is 1.89. The second kappa shape index (κ2) is 9.42. The number of nitrogens with zero attached hydrogens (tertiary/aromatic N) is 2. The molecule has 1 atom stereocenters. The SMILES string of the molecule is CCCC1CC(=O)N(CC(=O)Nc2ccc(N(CC)CC)cc2)CN1. The van der Waals surface area contributed by atoms with Gasteiger partial charge in [-0.2, -0.15) is 0 Å². The van der Waals surface area contributed by atoms with E-state index in [0.29, 0.717) is 13.1 Å². The van der Waals surface area contributed by atoms with Crippen LogP contribution in [0.1, 0.15) is 40.0 Å². The smallest absolute Gasteiger partial charge is 0.244 e. The highest BCUT2D eigenvalue weighted by atomic mass is 16.2. The lowest BCUT2D eigenvalue weighted by atomic mass is 10.1. The largest absolute Gasteiger partial charge is 0.372 e. The van der Waals surface area contributed by atoms with Gasteiger partial charge in [0.25, 0.3) is 0 Å². The van der Waals surface area contributed by atoms with Gasteiger partial charge in [0.15, 0.2) is 0 Å². The van der Waals surface area contributed by atoms with Crippen molar-refractivity contribution < 1.29 is 9.59 Å². The third-order valence-electron chi connectivity index (χ3n) is 4.60. The molecule has 1 aliphatic rings. The first kappa shape index (κ1) is 19.2. The number of carbonyl (C=O) groups is 2. The standard InChI is InChI=1S/C19H30N4O2/c1-4-7-16-12-19(25)23(14-20-16)13-18(24)21-15-8-10-17(11-9-15)22(5-2)6-3/h8-11,16,20H,4-7,12-14H2,1-3H3,(H,21,24). The molecule has 0 spiro atoms. The van der Waals surface area contributed by atoms with Crippen LogP contribution in [0.2, 0.25) is 0 Å². The van der Waals surface area contributed by atoms with Crippen LogP contribution in [-0.2, 0) is 9.59 Å². The van der Waals surface area contributed by atoms with Gasteiger partial charge >= 0.3 is 0 Å². The Bertz CT molecular complexity index is 569. The van der Waals surface area contributed by atoms with E-state index in [1.807, 2.05) is 24.3 Å². The fourth-order valence-electron chi connectivity index (χ4n) is 3.15. The molecule has 1 fully saturated rings. The summed E-state index contributed by atoms with van der Waals surface area (Å²) in [6.45, 7) is 8.77. The molecule has 0 bridgehead atoms. The molecular formula is C19H30N4O2. The Balaban J connectivity index is 1.85. The van der Waals surface area contributed by atoms with Crippen LogP contribution in [0, 0.1) is 0 Å². The highest BCUT2D eigenvalue weighted by Crippen LogP contribution is 2.18. The van der Waals surface area contributed by atoms with E-state index in [1.165, 1.54) is 0 Å². The molecule has 2 amide bonds. The summed E-state index contributed by atoms with van der Waals surface area (Å²) in [4.78, 5) is 28.2. The molecule has 0 aliphatic carbocycles. The predicted octanol–water partition coefficient (Wildman–Crippen LogP) is 2.42. The quantitative estimate of drug-likeness (QED) is 0.759. The first-order chi connectivity index (χ1) is 12.1. The van der Waals surface area contributed by atoms with Crippen LogP contribution in [0.15, 0.2) is 24.3 Å². The number of benzene rings is 1. The van der Waals surface area contributed by atoms with Crippen molar-refractivity contribution in [3.05, 3.63) is 24.3 Å². The Morgan fingerprint density at radius 1 is 1.24 bits per heavy atom. The van der Waals surface area contributed by atoms with Crippen LogP contribution in [0.4, 0.5) is 11.4 Å². The summed E-state index contributed by atoms with van der Waals surface area (Å²) < 4.78 is 0. The van der Waals surface area contributed by atoms with E-state index >= 15 is 0 Å². The molecule has 0 aromatic heterocycles. The second-order valence-electron chi connectivity index (χ2n) is 6.41. The summed E-state index contributed by atoms with van der Waals surface area (Å²) in [7, 11) is 0. The molecule has 2 N–H and O–H groups in total. The lowest BCUT2D eigenvalue weighted by molar-refractivity contribution is -0.138. The second-order valence-corrected chi connectivity index (χ2v) is 6.41. The number of carbonyl (C=O) groups excluding carboxylic acids is 2. The average Bonchev–Trinajstić information content (AvgIpc) is 2.60. The van der Waals surface area contributed by atoms with E-state index in [-0.39, 0.29) is 24.4 Å². The molecule has 2 rings (SSSR count). The Labute approximate surface area is 150 Å². The molecule has 1 heterocycles. The highest BCUT2D eigenvalue weighted by Gasteiger charge is 2.25. The van der Waals surface area contributed by atoms with Crippen molar-refractivity contribution in [2.75, 3.05) is 36.5 Å². The van der Waals surface area contributed by atoms with Crippen LogP contribution in [0.3, 0.4) is 0 Å². The number of hydrogen-bond donors (Lipinski definition) is 2.